The van der Waals surface area contributed by atoms with E-state index < -0.39 is 12.1 Å². The number of nitrogens with one attached hydrogen (secondary N) is 2. The minimum atomic E-state index is -0.470. The molecule has 3 N–H and O–H groups in total. The van der Waals surface area contributed by atoms with Crippen LogP contribution in [0.5, 0.6) is 11.5 Å². The summed E-state index contributed by atoms with van der Waals surface area (Å²) in [5.41, 5.74) is 2.62. The second-order valence-corrected chi connectivity index (χ2v) is 13.7. The minimum absolute atomic E-state index is 0.0553. The molecule has 0 spiro atoms. The number of aliphatic hydroxyl groups excluding tert-OH is 1. The molecule has 272 valence electrons. The Morgan fingerprint density at radius 1 is 1.02 bits per heavy atom. The molecule has 1 aliphatic heterocycles. The Kier molecular flexibility index (Phi) is 13.3. The Hall–Kier alpha value is -4.64. The minimum Gasteiger partial charge on any atom is -0.497 e. The highest BCUT2D eigenvalue weighted by Gasteiger charge is 2.30. The van der Waals surface area contributed by atoms with Gasteiger partial charge in [0.15, 0.2) is 0 Å². The number of fused-ring (bicyclic) bond motifs is 2. The van der Waals surface area contributed by atoms with Gasteiger partial charge in [0, 0.05) is 43.2 Å². The van der Waals surface area contributed by atoms with Gasteiger partial charge in [-0.05, 0) is 87.5 Å². The maximum atomic E-state index is 14.5. The van der Waals surface area contributed by atoms with Crippen molar-refractivity contribution < 1.29 is 28.9 Å². The quantitative estimate of drug-likeness (QED) is 0.167. The third-order valence-electron chi connectivity index (χ3n) is 9.45. The molecule has 0 radical (unpaired) electrons. The van der Waals surface area contributed by atoms with Crippen molar-refractivity contribution in [2.45, 2.75) is 64.8 Å². The van der Waals surface area contributed by atoms with Crippen molar-refractivity contribution in [3.63, 3.8) is 0 Å². The van der Waals surface area contributed by atoms with Crippen LogP contribution in [0.3, 0.4) is 0 Å². The van der Waals surface area contributed by atoms with Crippen LogP contribution < -0.4 is 20.1 Å². The third kappa shape index (κ3) is 10.2. The Morgan fingerprint density at radius 3 is 2.55 bits per heavy atom. The molecule has 0 saturated carbocycles. The van der Waals surface area contributed by atoms with Crippen molar-refractivity contribution in [2.75, 3.05) is 51.1 Å². The first-order valence-corrected chi connectivity index (χ1v) is 17.9. The van der Waals surface area contributed by atoms with Crippen LogP contribution in [-0.4, -0.2) is 85.6 Å². The first kappa shape index (κ1) is 37.6. The molecule has 0 bridgehead atoms. The van der Waals surface area contributed by atoms with Gasteiger partial charge < -0.3 is 34.9 Å². The predicted octanol–water partition coefficient (Wildman–Crippen LogP) is 7.42. The van der Waals surface area contributed by atoms with Crippen LogP contribution in [-0.2, 0) is 11.3 Å². The number of urea groups is 1. The number of likely N-dealkylation sites (N-methyl/N-ethyl adjacent to an activating group) is 1. The molecule has 4 atom stereocenters. The van der Waals surface area contributed by atoms with Crippen molar-refractivity contribution in [3.8, 4) is 11.5 Å². The van der Waals surface area contributed by atoms with E-state index >= 15 is 0 Å². The summed E-state index contributed by atoms with van der Waals surface area (Å²) in [6.07, 6.45) is 2.28. The van der Waals surface area contributed by atoms with Gasteiger partial charge in [0.2, 0.25) is 0 Å². The fourth-order valence-corrected chi connectivity index (χ4v) is 6.50. The van der Waals surface area contributed by atoms with Crippen molar-refractivity contribution >= 4 is 34.1 Å². The van der Waals surface area contributed by atoms with Gasteiger partial charge in [-0.2, -0.15) is 0 Å². The summed E-state index contributed by atoms with van der Waals surface area (Å²) in [6, 6.07) is 25.9. The number of rotatable bonds is 9. The average molecular weight is 697 g/mol. The summed E-state index contributed by atoms with van der Waals surface area (Å²) in [5.74, 6) is 0.923. The number of hydrogen-bond donors (Lipinski definition) is 3. The lowest BCUT2D eigenvalue weighted by Gasteiger charge is -2.36. The highest BCUT2D eigenvalue weighted by atomic mass is 16.5. The molecule has 0 saturated heterocycles. The van der Waals surface area contributed by atoms with Crippen molar-refractivity contribution in [3.05, 3.63) is 96.1 Å². The second-order valence-electron chi connectivity index (χ2n) is 13.7. The van der Waals surface area contributed by atoms with E-state index in [9.17, 15) is 14.7 Å². The highest BCUT2D eigenvalue weighted by Crippen LogP contribution is 2.29. The molecule has 51 heavy (non-hydrogen) atoms. The summed E-state index contributed by atoms with van der Waals surface area (Å²) < 4.78 is 18.2. The van der Waals surface area contributed by atoms with E-state index in [-0.39, 0.29) is 30.6 Å². The predicted molar refractivity (Wildman–Crippen MR) is 203 cm³/mol. The molecule has 10 heteroatoms. The smallest absolute Gasteiger partial charge is 0.323 e. The molecule has 4 aromatic carbocycles. The van der Waals surface area contributed by atoms with E-state index in [1.54, 1.807) is 30.2 Å². The molecule has 0 aliphatic carbocycles. The number of carbonyl (C=O) groups excluding carboxylic acids is 2. The zero-order chi connectivity index (χ0) is 36.3. The zero-order valence-corrected chi connectivity index (χ0v) is 30.4. The van der Waals surface area contributed by atoms with Gasteiger partial charge in [0.25, 0.3) is 5.91 Å². The lowest BCUT2D eigenvalue weighted by atomic mass is 10.0. The van der Waals surface area contributed by atoms with Crippen LogP contribution in [0.25, 0.3) is 10.8 Å². The van der Waals surface area contributed by atoms with Crippen molar-refractivity contribution in [2.24, 2.45) is 5.92 Å². The Bertz CT molecular complexity index is 1740. The highest BCUT2D eigenvalue weighted by molar-refractivity contribution is 6.07. The van der Waals surface area contributed by atoms with Crippen molar-refractivity contribution in [1.29, 1.82) is 0 Å². The molecule has 5 rings (SSSR count). The van der Waals surface area contributed by atoms with Crippen LogP contribution in [0.2, 0.25) is 0 Å². The van der Waals surface area contributed by atoms with E-state index in [1.165, 1.54) is 5.56 Å². The van der Waals surface area contributed by atoms with Crippen molar-refractivity contribution in [1.82, 2.24) is 9.80 Å². The van der Waals surface area contributed by atoms with Crippen LogP contribution in [0, 0.1) is 5.92 Å². The molecular formula is C41H52N4O6. The molecule has 0 fully saturated rings. The number of carbonyl (C=O) groups is 2. The van der Waals surface area contributed by atoms with Gasteiger partial charge in [0.05, 0.1) is 43.2 Å². The monoisotopic (exact) mass is 696 g/mol. The van der Waals surface area contributed by atoms with Gasteiger partial charge in [0.1, 0.15) is 11.5 Å². The number of hydrogen-bond acceptors (Lipinski definition) is 7. The summed E-state index contributed by atoms with van der Waals surface area (Å²) in [6.45, 7) is 8.08. The fourth-order valence-electron chi connectivity index (χ4n) is 6.50. The normalized spacial score (nSPS) is 19.5. The molecule has 0 unspecified atom stereocenters. The molecule has 1 heterocycles. The number of aliphatic hydroxyl groups is 1. The standard InChI is InChI=1S/C41H52N4O6/c1-28-24-45(29(2)27-46)40(47)36-23-33(42-41(48)43-37-15-10-13-32-12-6-7-14-35(32)37)18-21-38(36)51-30(3)11-8-9-22-50-39(28)26-44(4)25-31-16-19-34(49-5)20-17-31/h6-7,10,12-21,23,28-30,39,46H,8-9,11,22,24-27H2,1-5H3,(H2,42,43,48)/t28-,29-,30+,39+/m1/s1. The molecule has 1 aliphatic rings. The van der Waals surface area contributed by atoms with Crippen LogP contribution in [0.1, 0.15) is 56.0 Å². The van der Waals surface area contributed by atoms with E-state index in [2.05, 4.69) is 41.6 Å². The number of nitrogens with zero attached hydrogens (tertiary/aromatic N) is 2. The van der Waals surface area contributed by atoms with Gasteiger partial charge in [-0.15, -0.1) is 0 Å². The maximum Gasteiger partial charge on any atom is 0.323 e. The largest absolute Gasteiger partial charge is 0.497 e. The lowest BCUT2D eigenvalue weighted by molar-refractivity contribution is -0.0177. The first-order valence-electron chi connectivity index (χ1n) is 17.9. The van der Waals surface area contributed by atoms with Crippen LogP contribution >= 0.6 is 0 Å². The van der Waals surface area contributed by atoms with Gasteiger partial charge in [-0.3, -0.25) is 9.69 Å². The summed E-state index contributed by atoms with van der Waals surface area (Å²) in [5, 5.41) is 18.1. The van der Waals surface area contributed by atoms with Crippen LogP contribution in [0.15, 0.2) is 84.9 Å². The molecule has 10 nitrogen and oxygen atoms in total. The Balaban J connectivity index is 1.37. The number of benzene rings is 4. The van der Waals surface area contributed by atoms with E-state index in [0.29, 0.717) is 42.4 Å². The molecule has 0 aromatic heterocycles. The first-order chi connectivity index (χ1) is 24.6. The summed E-state index contributed by atoms with van der Waals surface area (Å²) in [4.78, 5) is 31.7. The van der Waals surface area contributed by atoms with E-state index in [4.69, 9.17) is 14.2 Å². The number of anilines is 2. The Labute approximate surface area is 301 Å². The van der Waals surface area contributed by atoms with Crippen LogP contribution in [0.4, 0.5) is 16.2 Å². The Morgan fingerprint density at radius 2 is 1.78 bits per heavy atom. The second kappa shape index (κ2) is 18.0. The molecular weight excluding hydrogens is 644 g/mol. The SMILES string of the molecule is COc1ccc(CN(C)C[C@@H]2OCCCC[C@H](C)Oc3ccc(NC(=O)Nc4cccc5ccccc45)cc3C(=O)N([C@H](C)CO)C[C@H]2C)cc1. The fraction of sp³-hybridized carbons (Fsp3) is 0.415. The number of ether oxygens (including phenoxy) is 3. The van der Waals surface area contributed by atoms with E-state index in [1.807, 2.05) is 68.4 Å². The number of amides is 3. The maximum absolute atomic E-state index is 14.5. The average Bonchev–Trinajstić information content (AvgIpc) is 3.13. The lowest BCUT2D eigenvalue weighted by Crippen LogP contribution is -2.47. The third-order valence-corrected chi connectivity index (χ3v) is 9.45. The zero-order valence-electron chi connectivity index (χ0n) is 30.4. The molecule has 3 amide bonds. The number of methoxy groups -OCH3 is 1. The summed E-state index contributed by atoms with van der Waals surface area (Å²) in [7, 11) is 3.74. The topological polar surface area (TPSA) is 113 Å². The van der Waals surface area contributed by atoms with Gasteiger partial charge in [-0.25, -0.2) is 4.79 Å². The summed E-state index contributed by atoms with van der Waals surface area (Å²) >= 11 is 0. The van der Waals surface area contributed by atoms with E-state index in [0.717, 1.165) is 42.3 Å². The van der Waals surface area contributed by atoms with Gasteiger partial charge in [-0.1, -0.05) is 55.5 Å². The van der Waals surface area contributed by atoms with Gasteiger partial charge >= 0.3 is 6.03 Å². The molecule has 4 aromatic rings.